The van der Waals surface area contributed by atoms with E-state index in [9.17, 15) is 0 Å². The molecular formula is C21H25N. The quantitative estimate of drug-likeness (QED) is 0.771. The second kappa shape index (κ2) is 5.89. The molecule has 2 fully saturated rings. The minimum atomic E-state index is 0.803. The molecular weight excluding hydrogens is 266 g/mol. The minimum Gasteiger partial charge on any atom is -0.300 e. The molecule has 1 saturated heterocycles. The van der Waals surface area contributed by atoms with Crippen LogP contribution in [0.25, 0.3) is 11.1 Å². The van der Waals surface area contributed by atoms with Crippen molar-refractivity contribution < 1.29 is 0 Å². The molecule has 0 unspecified atom stereocenters. The molecule has 22 heavy (non-hydrogen) atoms. The van der Waals surface area contributed by atoms with Crippen LogP contribution in [0.5, 0.6) is 0 Å². The lowest BCUT2D eigenvalue weighted by Crippen LogP contribution is -2.29. The van der Waals surface area contributed by atoms with Crippen molar-refractivity contribution in [3.05, 3.63) is 60.2 Å². The van der Waals surface area contributed by atoms with Gasteiger partial charge in [-0.3, -0.25) is 0 Å². The first-order valence-corrected chi connectivity index (χ1v) is 8.71. The molecule has 2 aliphatic rings. The van der Waals surface area contributed by atoms with Crippen LogP contribution in [0.15, 0.2) is 54.6 Å². The number of hydrogen-bond acceptors (Lipinski definition) is 1. The van der Waals surface area contributed by atoms with Crippen molar-refractivity contribution in [2.24, 2.45) is 5.92 Å². The first-order valence-electron chi connectivity index (χ1n) is 8.71. The molecule has 1 aliphatic heterocycles. The van der Waals surface area contributed by atoms with E-state index >= 15 is 0 Å². The van der Waals surface area contributed by atoms with Gasteiger partial charge in [0.25, 0.3) is 0 Å². The molecule has 0 amide bonds. The van der Waals surface area contributed by atoms with Crippen LogP contribution in [0.2, 0.25) is 0 Å². The maximum absolute atomic E-state index is 2.70. The van der Waals surface area contributed by atoms with E-state index in [0.29, 0.717) is 0 Å². The largest absolute Gasteiger partial charge is 0.300 e. The molecule has 1 saturated carbocycles. The number of hydrogen-bond donors (Lipinski definition) is 0. The molecule has 3 atom stereocenters. The summed E-state index contributed by atoms with van der Waals surface area (Å²) in [6.07, 6.45) is 4.17. The average Bonchev–Trinajstić information content (AvgIpc) is 3.23. The van der Waals surface area contributed by atoms with Gasteiger partial charge < -0.3 is 4.90 Å². The van der Waals surface area contributed by atoms with E-state index < -0.39 is 0 Å². The van der Waals surface area contributed by atoms with Crippen molar-refractivity contribution >= 4 is 0 Å². The third-order valence-electron chi connectivity index (χ3n) is 5.53. The van der Waals surface area contributed by atoms with Crippen molar-refractivity contribution in [1.29, 1.82) is 0 Å². The maximum atomic E-state index is 2.70. The highest BCUT2D eigenvalue weighted by atomic mass is 15.2. The topological polar surface area (TPSA) is 3.24 Å². The van der Waals surface area contributed by atoms with Crippen LogP contribution in [0.1, 0.15) is 37.7 Å². The van der Waals surface area contributed by atoms with E-state index in [4.69, 9.17) is 0 Å². The van der Waals surface area contributed by atoms with E-state index in [-0.39, 0.29) is 0 Å². The fourth-order valence-electron chi connectivity index (χ4n) is 3.98. The van der Waals surface area contributed by atoms with Crippen molar-refractivity contribution in [1.82, 2.24) is 4.90 Å². The Morgan fingerprint density at radius 2 is 1.68 bits per heavy atom. The fourth-order valence-corrected chi connectivity index (χ4v) is 3.98. The molecule has 2 aromatic rings. The Labute approximate surface area is 134 Å². The van der Waals surface area contributed by atoms with Gasteiger partial charge in [-0.15, -0.1) is 0 Å². The van der Waals surface area contributed by atoms with Gasteiger partial charge >= 0.3 is 0 Å². The van der Waals surface area contributed by atoms with Gasteiger partial charge in [-0.2, -0.15) is 0 Å². The summed E-state index contributed by atoms with van der Waals surface area (Å²) in [5.41, 5.74) is 4.18. The smallest absolute Gasteiger partial charge is 0.00675 e. The van der Waals surface area contributed by atoms with E-state index in [1.807, 2.05) is 0 Å². The Morgan fingerprint density at radius 3 is 2.36 bits per heavy atom. The number of benzene rings is 2. The van der Waals surface area contributed by atoms with Crippen LogP contribution >= 0.6 is 0 Å². The van der Waals surface area contributed by atoms with Gasteiger partial charge in [-0.25, -0.2) is 0 Å². The van der Waals surface area contributed by atoms with Crippen molar-refractivity contribution in [3.8, 4) is 11.1 Å². The highest BCUT2D eigenvalue weighted by molar-refractivity contribution is 5.63. The molecule has 0 N–H and O–H groups in total. The monoisotopic (exact) mass is 291 g/mol. The molecule has 0 spiro atoms. The average molecular weight is 291 g/mol. The lowest BCUT2D eigenvalue weighted by atomic mass is 10.0. The number of rotatable bonds is 4. The molecule has 114 valence electrons. The number of likely N-dealkylation sites (tertiary alicyclic amines) is 1. The Kier molecular flexibility index (Phi) is 3.75. The first-order chi connectivity index (χ1) is 10.8. The SMILES string of the molecule is C[C@H]1CCCN1C[C@@H]1C[C@H]1c1ccc(-c2ccccc2)cc1. The summed E-state index contributed by atoms with van der Waals surface area (Å²) in [5, 5.41) is 0. The molecule has 0 aromatic heterocycles. The van der Waals surface area contributed by atoms with Gasteiger partial charge in [-0.1, -0.05) is 54.6 Å². The van der Waals surface area contributed by atoms with E-state index in [1.165, 1.54) is 49.0 Å². The van der Waals surface area contributed by atoms with Crippen LogP contribution < -0.4 is 0 Å². The normalized spacial score (nSPS) is 28.0. The summed E-state index contributed by atoms with van der Waals surface area (Å²) in [6.45, 7) is 5.02. The molecule has 1 aliphatic carbocycles. The van der Waals surface area contributed by atoms with Gasteiger partial charge in [0, 0.05) is 12.6 Å². The summed E-state index contributed by atoms with van der Waals surface area (Å²) in [4.78, 5) is 2.70. The highest BCUT2D eigenvalue weighted by Gasteiger charge is 2.40. The molecule has 4 rings (SSSR count). The Morgan fingerprint density at radius 1 is 0.955 bits per heavy atom. The standard InChI is InChI=1S/C21H25N/c1-16-6-5-13-22(16)15-20-14-21(20)19-11-9-18(10-12-19)17-7-3-2-4-8-17/h2-4,7-12,16,20-21H,5-6,13-15H2,1H3/t16-,20-,21-/m0/s1. The summed E-state index contributed by atoms with van der Waals surface area (Å²) in [7, 11) is 0. The Hall–Kier alpha value is -1.60. The van der Waals surface area contributed by atoms with Crippen molar-refractivity contribution in [3.63, 3.8) is 0 Å². The van der Waals surface area contributed by atoms with Crippen molar-refractivity contribution in [2.45, 2.75) is 38.1 Å². The van der Waals surface area contributed by atoms with Gasteiger partial charge in [0.05, 0.1) is 0 Å². The predicted octanol–water partition coefficient (Wildman–Crippen LogP) is 4.94. The third-order valence-corrected chi connectivity index (χ3v) is 5.53. The zero-order valence-corrected chi connectivity index (χ0v) is 13.4. The summed E-state index contributed by atoms with van der Waals surface area (Å²) in [6, 6.07) is 20.7. The predicted molar refractivity (Wildman–Crippen MR) is 93.0 cm³/mol. The van der Waals surface area contributed by atoms with E-state index in [1.54, 1.807) is 0 Å². The van der Waals surface area contributed by atoms with Crippen molar-refractivity contribution in [2.75, 3.05) is 13.1 Å². The van der Waals surface area contributed by atoms with Gasteiger partial charge in [-0.05, 0) is 61.3 Å². The van der Waals surface area contributed by atoms with Crippen LogP contribution in [-0.4, -0.2) is 24.0 Å². The molecule has 0 radical (unpaired) electrons. The number of nitrogens with zero attached hydrogens (tertiary/aromatic N) is 1. The van der Waals surface area contributed by atoms with Crippen LogP contribution in [0, 0.1) is 5.92 Å². The summed E-state index contributed by atoms with van der Waals surface area (Å²) >= 11 is 0. The first kappa shape index (κ1) is 14.0. The Balaban J connectivity index is 1.40. The van der Waals surface area contributed by atoms with Crippen LogP contribution in [-0.2, 0) is 0 Å². The van der Waals surface area contributed by atoms with Gasteiger partial charge in [0.1, 0.15) is 0 Å². The van der Waals surface area contributed by atoms with Crippen LogP contribution in [0.3, 0.4) is 0 Å². The molecule has 1 nitrogen and oxygen atoms in total. The molecule has 2 aromatic carbocycles. The van der Waals surface area contributed by atoms with Gasteiger partial charge in [0.15, 0.2) is 0 Å². The Bertz CT molecular complexity index is 616. The van der Waals surface area contributed by atoms with Crippen LogP contribution in [0.4, 0.5) is 0 Å². The van der Waals surface area contributed by atoms with E-state index in [0.717, 1.165) is 17.9 Å². The fraction of sp³-hybridized carbons (Fsp3) is 0.429. The highest BCUT2D eigenvalue weighted by Crippen LogP contribution is 2.48. The molecule has 1 heteroatoms. The minimum absolute atomic E-state index is 0.803. The lowest BCUT2D eigenvalue weighted by Gasteiger charge is -2.20. The molecule has 1 heterocycles. The second-order valence-electron chi connectivity index (χ2n) is 7.08. The zero-order chi connectivity index (χ0) is 14.9. The maximum Gasteiger partial charge on any atom is 0.00675 e. The van der Waals surface area contributed by atoms with Gasteiger partial charge in [0.2, 0.25) is 0 Å². The third kappa shape index (κ3) is 2.83. The summed E-state index contributed by atoms with van der Waals surface area (Å²) in [5.74, 6) is 1.70. The summed E-state index contributed by atoms with van der Waals surface area (Å²) < 4.78 is 0. The zero-order valence-electron chi connectivity index (χ0n) is 13.4. The lowest BCUT2D eigenvalue weighted by molar-refractivity contribution is 0.256. The van der Waals surface area contributed by atoms with E-state index in [2.05, 4.69) is 66.4 Å². The second-order valence-corrected chi connectivity index (χ2v) is 7.08. The molecule has 0 bridgehead atoms.